The minimum absolute atomic E-state index is 0.327. The van der Waals surface area contributed by atoms with Crippen molar-refractivity contribution >= 4 is 18.3 Å². The summed E-state index contributed by atoms with van der Waals surface area (Å²) in [7, 11) is 1.60. The summed E-state index contributed by atoms with van der Waals surface area (Å²) >= 11 is 0. The molecule has 3 aromatic rings. The molecule has 0 aliphatic rings. The highest BCUT2D eigenvalue weighted by Crippen LogP contribution is 2.25. The number of aldehydes is 1. The first-order valence-electron chi connectivity index (χ1n) is 9.26. The Labute approximate surface area is 169 Å². The molecule has 0 spiro atoms. The number of hydrogen-bond donors (Lipinski definition) is 1. The second-order valence-corrected chi connectivity index (χ2v) is 6.63. The molecule has 0 bridgehead atoms. The van der Waals surface area contributed by atoms with Gasteiger partial charge < -0.3 is 19.4 Å². The number of aromatic nitrogens is 2. The average Bonchev–Trinajstić information content (AvgIpc) is 3.18. The van der Waals surface area contributed by atoms with Crippen LogP contribution in [0.4, 0.5) is 0 Å². The summed E-state index contributed by atoms with van der Waals surface area (Å²) in [6.07, 6.45) is 7.94. The summed E-state index contributed by atoms with van der Waals surface area (Å²) in [5.74, 6) is 0.339. The molecule has 1 unspecified atom stereocenters. The van der Waals surface area contributed by atoms with Gasteiger partial charge in [0.1, 0.15) is 12.0 Å². The molecule has 1 heterocycles. The summed E-state index contributed by atoms with van der Waals surface area (Å²) in [5, 5.41) is 2.72. The van der Waals surface area contributed by atoms with Crippen molar-refractivity contribution in [1.29, 1.82) is 0 Å². The molecule has 29 heavy (non-hydrogen) atoms. The molecule has 1 atom stereocenters. The van der Waals surface area contributed by atoms with Crippen molar-refractivity contribution < 1.29 is 14.3 Å². The Bertz CT molecular complexity index is 1010. The first kappa shape index (κ1) is 20.1. The smallest absolute Gasteiger partial charge is 0.244 e. The SMILES string of the molecule is COc1cc(/C=C/C(=O)NC(C=O)Cc2ccccc2)ccc1-n1cnc(C)c1. The van der Waals surface area contributed by atoms with Gasteiger partial charge in [-0.05, 0) is 42.7 Å². The molecule has 148 valence electrons. The number of nitrogens with zero attached hydrogens (tertiary/aromatic N) is 2. The average molecular weight is 389 g/mol. The Morgan fingerprint density at radius 3 is 2.69 bits per heavy atom. The van der Waals surface area contributed by atoms with E-state index < -0.39 is 6.04 Å². The number of hydrogen-bond acceptors (Lipinski definition) is 4. The van der Waals surface area contributed by atoms with Crippen molar-refractivity contribution in [3.8, 4) is 11.4 Å². The van der Waals surface area contributed by atoms with E-state index in [0.717, 1.165) is 28.8 Å². The Hall–Kier alpha value is -3.67. The van der Waals surface area contributed by atoms with E-state index in [1.165, 1.54) is 6.08 Å². The van der Waals surface area contributed by atoms with Crippen LogP contribution in [0.5, 0.6) is 5.75 Å². The van der Waals surface area contributed by atoms with Crippen molar-refractivity contribution in [1.82, 2.24) is 14.9 Å². The lowest BCUT2D eigenvalue weighted by Gasteiger charge is -2.11. The van der Waals surface area contributed by atoms with Crippen LogP contribution in [0.2, 0.25) is 0 Å². The summed E-state index contributed by atoms with van der Waals surface area (Å²) in [5.41, 5.74) is 3.57. The number of nitrogens with one attached hydrogen (secondary N) is 1. The predicted octanol–water partition coefficient (Wildman–Crippen LogP) is 3.13. The summed E-state index contributed by atoms with van der Waals surface area (Å²) in [6, 6.07) is 14.6. The van der Waals surface area contributed by atoms with Crippen LogP contribution in [0.1, 0.15) is 16.8 Å². The van der Waals surface area contributed by atoms with Crippen LogP contribution in [-0.4, -0.2) is 34.9 Å². The van der Waals surface area contributed by atoms with Crippen molar-refractivity contribution in [3.63, 3.8) is 0 Å². The van der Waals surface area contributed by atoms with Gasteiger partial charge in [-0.2, -0.15) is 0 Å². The molecule has 2 aromatic carbocycles. The molecule has 0 aliphatic carbocycles. The van der Waals surface area contributed by atoms with E-state index in [9.17, 15) is 9.59 Å². The van der Waals surface area contributed by atoms with Gasteiger partial charge in [-0.3, -0.25) is 4.79 Å². The monoisotopic (exact) mass is 389 g/mol. The Balaban J connectivity index is 1.67. The van der Waals surface area contributed by atoms with E-state index in [2.05, 4.69) is 10.3 Å². The summed E-state index contributed by atoms with van der Waals surface area (Å²) in [4.78, 5) is 27.8. The van der Waals surface area contributed by atoms with Crippen molar-refractivity contribution in [2.45, 2.75) is 19.4 Å². The summed E-state index contributed by atoms with van der Waals surface area (Å²) < 4.78 is 7.36. The lowest BCUT2D eigenvalue weighted by molar-refractivity contribution is -0.120. The van der Waals surface area contributed by atoms with Gasteiger partial charge in [0.05, 0.1) is 30.9 Å². The van der Waals surface area contributed by atoms with Crippen LogP contribution in [0, 0.1) is 6.92 Å². The van der Waals surface area contributed by atoms with E-state index in [1.807, 2.05) is 66.2 Å². The Morgan fingerprint density at radius 2 is 2.03 bits per heavy atom. The molecule has 1 N–H and O–H groups in total. The molecule has 0 saturated heterocycles. The Morgan fingerprint density at radius 1 is 1.24 bits per heavy atom. The van der Waals surface area contributed by atoms with Gasteiger partial charge in [-0.15, -0.1) is 0 Å². The van der Waals surface area contributed by atoms with Gasteiger partial charge in [0.15, 0.2) is 0 Å². The minimum atomic E-state index is -0.573. The second-order valence-electron chi connectivity index (χ2n) is 6.63. The fourth-order valence-corrected chi connectivity index (χ4v) is 2.97. The van der Waals surface area contributed by atoms with E-state index >= 15 is 0 Å². The number of rotatable bonds is 8. The van der Waals surface area contributed by atoms with E-state index in [-0.39, 0.29) is 5.91 Å². The van der Waals surface area contributed by atoms with Crippen LogP contribution >= 0.6 is 0 Å². The quantitative estimate of drug-likeness (QED) is 0.475. The number of ether oxygens (including phenoxy) is 1. The largest absolute Gasteiger partial charge is 0.495 e. The fourth-order valence-electron chi connectivity index (χ4n) is 2.97. The highest BCUT2D eigenvalue weighted by atomic mass is 16.5. The van der Waals surface area contributed by atoms with Gasteiger partial charge in [0.25, 0.3) is 0 Å². The number of imidazole rings is 1. The zero-order valence-electron chi connectivity index (χ0n) is 16.4. The highest BCUT2D eigenvalue weighted by Gasteiger charge is 2.11. The normalized spacial score (nSPS) is 11.9. The fraction of sp³-hybridized carbons (Fsp3) is 0.174. The zero-order chi connectivity index (χ0) is 20.6. The standard InChI is InChI=1S/C23H23N3O3/c1-17-14-26(16-24-17)21-10-8-19(13-22(21)29-2)9-11-23(28)25-20(15-27)12-18-6-4-3-5-7-18/h3-11,13-16,20H,12H2,1-2H3,(H,25,28)/b11-9+. The number of benzene rings is 2. The van der Waals surface area contributed by atoms with E-state index in [0.29, 0.717) is 12.2 Å². The molecule has 1 aromatic heterocycles. The van der Waals surface area contributed by atoms with Crippen molar-refractivity contribution in [2.24, 2.45) is 0 Å². The molecule has 1 amide bonds. The molecule has 3 rings (SSSR count). The Kier molecular flexibility index (Phi) is 6.58. The molecule has 0 radical (unpaired) electrons. The topological polar surface area (TPSA) is 73.2 Å². The number of aryl methyl sites for hydroxylation is 1. The van der Waals surface area contributed by atoms with E-state index in [4.69, 9.17) is 4.74 Å². The predicted molar refractivity (Wildman–Crippen MR) is 112 cm³/mol. The third-order valence-electron chi connectivity index (χ3n) is 4.41. The maximum atomic E-state index is 12.2. The van der Waals surface area contributed by atoms with Crippen LogP contribution in [-0.2, 0) is 16.0 Å². The van der Waals surface area contributed by atoms with Crippen LogP contribution in [0.3, 0.4) is 0 Å². The number of carbonyl (C=O) groups is 2. The number of methoxy groups -OCH3 is 1. The summed E-state index contributed by atoms with van der Waals surface area (Å²) in [6.45, 7) is 1.92. The van der Waals surface area contributed by atoms with Crippen molar-refractivity contribution in [3.05, 3.63) is 84.0 Å². The van der Waals surface area contributed by atoms with Crippen molar-refractivity contribution in [2.75, 3.05) is 7.11 Å². The van der Waals surface area contributed by atoms with Gasteiger partial charge in [-0.25, -0.2) is 4.98 Å². The third-order valence-corrected chi connectivity index (χ3v) is 4.41. The minimum Gasteiger partial charge on any atom is -0.495 e. The molecule has 6 heteroatoms. The number of amides is 1. The molecule has 0 fully saturated rings. The van der Waals surface area contributed by atoms with Crippen LogP contribution < -0.4 is 10.1 Å². The first-order valence-corrected chi connectivity index (χ1v) is 9.26. The van der Waals surface area contributed by atoms with Gasteiger partial charge in [0, 0.05) is 12.3 Å². The maximum Gasteiger partial charge on any atom is 0.244 e. The molecular formula is C23H23N3O3. The molecule has 0 saturated carbocycles. The lowest BCUT2D eigenvalue weighted by atomic mass is 10.1. The van der Waals surface area contributed by atoms with Gasteiger partial charge in [-0.1, -0.05) is 36.4 Å². The third kappa shape index (κ3) is 5.42. The van der Waals surface area contributed by atoms with Gasteiger partial charge in [0.2, 0.25) is 5.91 Å². The second kappa shape index (κ2) is 9.50. The van der Waals surface area contributed by atoms with Gasteiger partial charge >= 0.3 is 0 Å². The lowest BCUT2D eigenvalue weighted by Crippen LogP contribution is -2.36. The van der Waals surface area contributed by atoms with Crippen LogP contribution in [0.15, 0.2) is 67.1 Å². The molecule has 0 aliphatic heterocycles. The molecular weight excluding hydrogens is 366 g/mol. The maximum absolute atomic E-state index is 12.2. The number of carbonyl (C=O) groups excluding carboxylic acids is 2. The zero-order valence-corrected chi connectivity index (χ0v) is 16.4. The van der Waals surface area contributed by atoms with Crippen LogP contribution in [0.25, 0.3) is 11.8 Å². The molecule has 6 nitrogen and oxygen atoms in total. The first-order chi connectivity index (χ1) is 14.1. The highest BCUT2D eigenvalue weighted by molar-refractivity contribution is 5.93. The van der Waals surface area contributed by atoms with E-state index in [1.54, 1.807) is 19.5 Å².